The molecule has 0 N–H and O–H groups in total. The first-order chi connectivity index (χ1) is 9.11. The predicted molar refractivity (Wildman–Crippen MR) is 78.2 cm³/mol. The van der Waals surface area contributed by atoms with Crippen molar-refractivity contribution in [2.45, 2.75) is 6.92 Å². The van der Waals surface area contributed by atoms with Gasteiger partial charge in [0.1, 0.15) is 4.88 Å². The van der Waals surface area contributed by atoms with Crippen LogP contribution in [0.2, 0.25) is 5.02 Å². The number of hydrogen-bond acceptors (Lipinski definition) is 4. The van der Waals surface area contributed by atoms with Crippen LogP contribution in [0.25, 0.3) is 21.0 Å². The number of thiophene rings is 1. The van der Waals surface area contributed by atoms with E-state index in [0.29, 0.717) is 9.90 Å². The van der Waals surface area contributed by atoms with Gasteiger partial charge < -0.3 is 4.74 Å². The van der Waals surface area contributed by atoms with Crippen molar-refractivity contribution < 1.29 is 9.53 Å². The number of ether oxygens (including phenoxy) is 1. The highest BCUT2D eigenvalue weighted by atomic mass is 35.5. The number of carbonyl (C=O) groups is 1. The molecule has 0 aliphatic carbocycles. The first kappa shape index (κ1) is 12.4. The minimum absolute atomic E-state index is 0.403. The molecule has 0 atom stereocenters. The van der Waals surface area contributed by atoms with Crippen LogP contribution in [0.3, 0.4) is 0 Å². The molecule has 0 saturated heterocycles. The van der Waals surface area contributed by atoms with E-state index >= 15 is 0 Å². The minimum atomic E-state index is -0.403. The fourth-order valence-electron chi connectivity index (χ4n) is 2.09. The third-order valence-corrected chi connectivity index (χ3v) is 4.60. The average Bonchev–Trinajstić information content (AvgIpc) is 2.75. The van der Waals surface area contributed by atoms with Crippen molar-refractivity contribution in [1.82, 2.24) is 4.98 Å². The lowest BCUT2D eigenvalue weighted by molar-refractivity contribution is 0.0606. The maximum atomic E-state index is 11.7. The van der Waals surface area contributed by atoms with Crippen molar-refractivity contribution in [3.8, 4) is 0 Å². The van der Waals surface area contributed by atoms with Gasteiger partial charge in [-0.05, 0) is 25.1 Å². The summed E-state index contributed by atoms with van der Waals surface area (Å²) in [5.41, 5.74) is 1.83. The third kappa shape index (κ3) is 1.88. The summed E-state index contributed by atoms with van der Waals surface area (Å²) in [4.78, 5) is 16.6. The summed E-state index contributed by atoms with van der Waals surface area (Å²) in [6.07, 6.45) is 0. The van der Waals surface area contributed by atoms with Crippen LogP contribution >= 0.6 is 22.9 Å². The number of carbonyl (C=O) groups excluding carboxylic acids is 1. The van der Waals surface area contributed by atoms with Gasteiger partial charge in [0.05, 0.1) is 17.6 Å². The molecule has 0 radical (unpaired) electrons. The lowest BCUT2D eigenvalue weighted by Crippen LogP contribution is -1.98. The molecular formula is C14H10ClNO2S. The Labute approximate surface area is 118 Å². The monoisotopic (exact) mass is 291 g/mol. The highest BCUT2D eigenvalue weighted by Crippen LogP contribution is 2.39. The van der Waals surface area contributed by atoms with Gasteiger partial charge >= 0.3 is 5.97 Å². The number of methoxy groups -OCH3 is 1. The van der Waals surface area contributed by atoms with Gasteiger partial charge in [-0.15, -0.1) is 11.3 Å². The molecule has 5 heteroatoms. The zero-order valence-electron chi connectivity index (χ0n) is 10.4. The van der Waals surface area contributed by atoms with E-state index in [1.165, 1.54) is 18.4 Å². The Morgan fingerprint density at radius 2 is 2.11 bits per heavy atom. The topological polar surface area (TPSA) is 39.2 Å². The number of nitrogens with zero attached hydrogens (tertiary/aromatic N) is 1. The number of hydrogen-bond donors (Lipinski definition) is 0. The first-order valence-corrected chi connectivity index (χ1v) is 6.88. The van der Waals surface area contributed by atoms with Crippen LogP contribution in [0, 0.1) is 6.92 Å². The van der Waals surface area contributed by atoms with Crippen LogP contribution in [0.15, 0.2) is 24.3 Å². The second-order valence-electron chi connectivity index (χ2n) is 4.19. The fourth-order valence-corrected chi connectivity index (χ4v) is 3.57. The molecule has 0 unspecified atom stereocenters. The van der Waals surface area contributed by atoms with Crippen molar-refractivity contribution in [2.75, 3.05) is 7.11 Å². The molecule has 0 bridgehead atoms. The molecule has 0 amide bonds. The Balaban J connectivity index is 2.42. The largest absolute Gasteiger partial charge is 0.465 e. The van der Waals surface area contributed by atoms with E-state index in [9.17, 15) is 4.79 Å². The number of benzene rings is 1. The highest BCUT2D eigenvalue weighted by molar-refractivity contribution is 7.21. The second-order valence-corrected chi connectivity index (χ2v) is 5.62. The van der Waals surface area contributed by atoms with Gasteiger partial charge in [-0.3, -0.25) is 4.98 Å². The number of fused-ring (bicyclic) bond motifs is 3. The van der Waals surface area contributed by atoms with Crippen molar-refractivity contribution in [1.29, 1.82) is 0 Å². The molecular weight excluding hydrogens is 282 g/mol. The molecule has 3 nitrogen and oxygen atoms in total. The van der Waals surface area contributed by atoms with Gasteiger partial charge in [-0.2, -0.15) is 0 Å². The molecule has 2 heterocycles. The number of rotatable bonds is 1. The fraction of sp³-hybridized carbons (Fsp3) is 0.143. The Morgan fingerprint density at radius 1 is 1.32 bits per heavy atom. The van der Waals surface area contributed by atoms with E-state index in [-0.39, 0.29) is 0 Å². The Bertz CT molecular complexity index is 810. The standard InChI is InChI=1S/C14H10ClNO2S/c1-7-3-4-8-9(16-7)5-6-10-11(8)12(15)13(19-10)14(17)18-2/h3-6H,1-2H3. The molecule has 96 valence electrons. The van der Waals surface area contributed by atoms with E-state index in [1.54, 1.807) is 0 Å². The van der Waals surface area contributed by atoms with Crippen molar-refractivity contribution >= 4 is 49.9 Å². The molecule has 0 aliphatic rings. The van der Waals surface area contributed by atoms with Crippen LogP contribution in [-0.2, 0) is 4.74 Å². The maximum Gasteiger partial charge on any atom is 0.349 e. The second kappa shape index (κ2) is 4.47. The third-order valence-electron chi connectivity index (χ3n) is 2.97. The summed E-state index contributed by atoms with van der Waals surface area (Å²) >= 11 is 7.67. The summed E-state index contributed by atoms with van der Waals surface area (Å²) in [5, 5.41) is 2.28. The van der Waals surface area contributed by atoms with Crippen LogP contribution in [0.1, 0.15) is 15.4 Å². The molecule has 0 saturated carbocycles. The Kier molecular flexibility index (Phi) is 2.92. The van der Waals surface area contributed by atoms with Crippen molar-refractivity contribution in [3.05, 3.63) is 39.9 Å². The van der Waals surface area contributed by atoms with Gasteiger partial charge in [0.25, 0.3) is 0 Å². The summed E-state index contributed by atoms with van der Waals surface area (Å²) in [7, 11) is 1.35. The SMILES string of the molecule is COC(=O)c1sc2ccc3nc(C)ccc3c2c1Cl. The molecule has 0 spiro atoms. The summed E-state index contributed by atoms with van der Waals surface area (Å²) < 4.78 is 5.71. The molecule has 2 aromatic heterocycles. The quantitative estimate of drug-likeness (QED) is 0.631. The zero-order valence-corrected chi connectivity index (χ0v) is 11.9. The molecule has 0 fully saturated rings. The van der Waals surface area contributed by atoms with Crippen LogP contribution < -0.4 is 0 Å². The number of pyridine rings is 1. The predicted octanol–water partition coefficient (Wildman–Crippen LogP) is 4.20. The molecule has 0 aliphatic heterocycles. The lowest BCUT2D eigenvalue weighted by atomic mass is 10.1. The van der Waals surface area contributed by atoms with Gasteiger partial charge in [0.2, 0.25) is 0 Å². The highest BCUT2D eigenvalue weighted by Gasteiger charge is 2.19. The van der Waals surface area contributed by atoms with Gasteiger partial charge in [0, 0.05) is 21.2 Å². The van der Waals surface area contributed by atoms with Crippen LogP contribution in [0.4, 0.5) is 0 Å². The number of halogens is 1. The Morgan fingerprint density at radius 3 is 2.84 bits per heavy atom. The summed E-state index contributed by atoms with van der Waals surface area (Å²) in [5.74, 6) is -0.403. The maximum absolute atomic E-state index is 11.7. The van der Waals surface area contributed by atoms with Gasteiger partial charge in [-0.1, -0.05) is 17.7 Å². The first-order valence-electron chi connectivity index (χ1n) is 5.68. The molecule has 3 aromatic rings. The van der Waals surface area contributed by atoms with Gasteiger partial charge in [0.15, 0.2) is 0 Å². The number of aromatic nitrogens is 1. The van der Waals surface area contributed by atoms with Crippen LogP contribution in [0.5, 0.6) is 0 Å². The molecule has 19 heavy (non-hydrogen) atoms. The van der Waals surface area contributed by atoms with Crippen LogP contribution in [-0.4, -0.2) is 18.1 Å². The van der Waals surface area contributed by atoms with Crippen molar-refractivity contribution in [2.24, 2.45) is 0 Å². The normalized spacial score (nSPS) is 11.1. The summed E-state index contributed by atoms with van der Waals surface area (Å²) in [6.45, 7) is 1.94. The van der Waals surface area contributed by atoms with E-state index in [0.717, 1.165) is 26.7 Å². The van der Waals surface area contributed by atoms with Crippen molar-refractivity contribution in [3.63, 3.8) is 0 Å². The van der Waals surface area contributed by atoms with E-state index in [2.05, 4.69) is 4.98 Å². The van der Waals surface area contributed by atoms with E-state index < -0.39 is 5.97 Å². The number of aryl methyl sites for hydroxylation is 1. The Hall–Kier alpha value is -1.65. The zero-order chi connectivity index (χ0) is 13.6. The smallest absolute Gasteiger partial charge is 0.349 e. The summed E-state index contributed by atoms with van der Waals surface area (Å²) in [6, 6.07) is 7.80. The minimum Gasteiger partial charge on any atom is -0.465 e. The van der Waals surface area contributed by atoms with E-state index in [1.807, 2.05) is 31.2 Å². The molecule has 3 rings (SSSR count). The van der Waals surface area contributed by atoms with Gasteiger partial charge in [-0.25, -0.2) is 4.79 Å². The lowest BCUT2D eigenvalue weighted by Gasteiger charge is -2.01. The molecule has 1 aromatic carbocycles. The number of esters is 1. The van der Waals surface area contributed by atoms with E-state index in [4.69, 9.17) is 16.3 Å². The average molecular weight is 292 g/mol.